The molecule has 3 N–H and O–H groups in total. The van der Waals surface area contributed by atoms with Crippen molar-refractivity contribution in [3.05, 3.63) is 30.3 Å². The Balaban J connectivity index is 1.59. The highest BCUT2D eigenvalue weighted by molar-refractivity contribution is 7.89. The summed E-state index contributed by atoms with van der Waals surface area (Å²) in [5.74, 6) is 1.56. The Labute approximate surface area is 163 Å². The molecule has 0 amide bonds. The number of hydrogen-bond acceptors (Lipinski definition) is 4. The summed E-state index contributed by atoms with van der Waals surface area (Å²) in [6, 6.07) is 8.38. The number of hydrogen-bond donors (Lipinski definition) is 3. The van der Waals surface area contributed by atoms with Crippen molar-refractivity contribution >= 4 is 16.0 Å². The molecule has 1 aliphatic rings. The normalized spacial score (nSPS) is 17.0. The molecule has 1 fully saturated rings. The minimum Gasteiger partial charge on any atom is -0.356 e. The number of likely N-dealkylation sites (tertiary alicyclic amines) is 1. The lowest BCUT2D eigenvalue weighted by Gasteiger charge is -2.30. The monoisotopic (exact) mass is 395 g/mol. The molecule has 0 saturated carbocycles. The summed E-state index contributed by atoms with van der Waals surface area (Å²) in [4.78, 5) is 6.98. The molecule has 1 heterocycles. The van der Waals surface area contributed by atoms with Crippen LogP contribution in [0.4, 0.5) is 0 Å². The van der Waals surface area contributed by atoms with E-state index in [-0.39, 0.29) is 4.90 Å². The minimum absolute atomic E-state index is 0.277. The van der Waals surface area contributed by atoms with Crippen LogP contribution in [0.15, 0.2) is 40.2 Å². The van der Waals surface area contributed by atoms with E-state index >= 15 is 0 Å². The highest BCUT2D eigenvalue weighted by Gasteiger charge is 2.15. The van der Waals surface area contributed by atoms with Crippen LogP contribution < -0.4 is 15.4 Å². The fourth-order valence-electron chi connectivity index (χ4n) is 3.07. The van der Waals surface area contributed by atoms with Gasteiger partial charge in [-0.05, 0) is 56.9 Å². The first kappa shape index (κ1) is 21.7. The van der Waals surface area contributed by atoms with Crippen molar-refractivity contribution in [1.29, 1.82) is 0 Å². The zero-order chi connectivity index (χ0) is 19.5. The first-order valence-corrected chi connectivity index (χ1v) is 11.2. The molecule has 1 saturated heterocycles. The summed E-state index contributed by atoms with van der Waals surface area (Å²) < 4.78 is 26.9. The fraction of sp³-hybridized carbons (Fsp3) is 0.632. The zero-order valence-electron chi connectivity index (χ0n) is 16.4. The van der Waals surface area contributed by atoms with E-state index in [1.54, 1.807) is 37.4 Å². The van der Waals surface area contributed by atoms with Crippen molar-refractivity contribution in [3.63, 3.8) is 0 Å². The second-order valence-electron chi connectivity index (χ2n) is 7.01. The molecule has 8 heteroatoms. The third-order valence-electron chi connectivity index (χ3n) is 4.81. The van der Waals surface area contributed by atoms with Crippen LogP contribution >= 0.6 is 0 Å². The number of aliphatic imine (C=N–C) groups is 1. The van der Waals surface area contributed by atoms with Gasteiger partial charge in [0.2, 0.25) is 10.0 Å². The highest BCUT2D eigenvalue weighted by atomic mass is 32.2. The second-order valence-corrected chi connectivity index (χ2v) is 8.78. The standard InChI is InChI=1S/C19H33N5O2S/c1-17-9-15-24(16-10-17)14-6-11-21-19(20-2)22-12-13-23-27(25,26)18-7-4-3-5-8-18/h3-5,7-8,17,23H,6,9-16H2,1-2H3,(H2,20,21,22). The van der Waals surface area contributed by atoms with Gasteiger partial charge in [-0.2, -0.15) is 0 Å². The SMILES string of the molecule is CN=C(NCCCN1CCC(C)CC1)NCCNS(=O)(=O)c1ccccc1. The maximum absolute atomic E-state index is 12.1. The predicted molar refractivity (Wildman–Crippen MR) is 110 cm³/mol. The third kappa shape index (κ3) is 7.86. The summed E-state index contributed by atoms with van der Waals surface area (Å²) in [5.41, 5.74) is 0. The molecular weight excluding hydrogens is 362 g/mol. The van der Waals surface area contributed by atoms with Crippen LogP contribution in [0.25, 0.3) is 0 Å². The summed E-state index contributed by atoms with van der Waals surface area (Å²) in [7, 11) is -1.74. The Morgan fingerprint density at radius 3 is 2.44 bits per heavy atom. The smallest absolute Gasteiger partial charge is 0.240 e. The lowest BCUT2D eigenvalue weighted by Crippen LogP contribution is -2.42. The lowest BCUT2D eigenvalue weighted by atomic mass is 9.99. The molecule has 0 spiro atoms. The maximum atomic E-state index is 12.1. The van der Waals surface area contributed by atoms with Gasteiger partial charge < -0.3 is 15.5 Å². The van der Waals surface area contributed by atoms with Crippen LogP contribution in [-0.2, 0) is 10.0 Å². The van der Waals surface area contributed by atoms with Gasteiger partial charge in [-0.1, -0.05) is 25.1 Å². The molecule has 1 aromatic rings. The predicted octanol–water partition coefficient (Wildman–Crippen LogP) is 1.25. The third-order valence-corrected chi connectivity index (χ3v) is 6.28. The van der Waals surface area contributed by atoms with Crippen molar-refractivity contribution in [2.24, 2.45) is 10.9 Å². The van der Waals surface area contributed by atoms with E-state index in [9.17, 15) is 8.42 Å². The van der Waals surface area contributed by atoms with E-state index in [0.717, 1.165) is 25.4 Å². The second kappa shape index (κ2) is 11.3. The van der Waals surface area contributed by atoms with E-state index in [4.69, 9.17) is 0 Å². The Morgan fingerprint density at radius 1 is 1.11 bits per heavy atom. The van der Waals surface area contributed by atoms with Crippen molar-refractivity contribution in [2.45, 2.75) is 31.1 Å². The van der Waals surface area contributed by atoms with Crippen LogP contribution in [-0.4, -0.2) is 65.6 Å². The number of piperidine rings is 1. The van der Waals surface area contributed by atoms with Gasteiger partial charge in [-0.3, -0.25) is 4.99 Å². The number of nitrogens with one attached hydrogen (secondary N) is 3. The maximum Gasteiger partial charge on any atom is 0.240 e. The van der Waals surface area contributed by atoms with Crippen molar-refractivity contribution in [2.75, 3.05) is 46.3 Å². The molecule has 1 aliphatic heterocycles. The van der Waals surface area contributed by atoms with E-state index < -0.39 is 10.0 Å². The number of rotatable bonds is 9. The molecule has 0 radical (unpaired) electrons. The first-order chi connectivity index (χ1) is 13.0. The zero-order valence-corrected chi connectivity index (χ0v) is 17.3. The van der Waals surface area contributed by atoms with E-state index in [1.807, 2.05) is 0 Å². The lowest BCUT2D eigenvalue weighted by molar-refractivity contribution is 0.191. The number of guanidine groups is 1. The fourth-order valence-corrected chi connectivity index (χ4v) is 4.12. The summed E-state index contributed by atoms with van der Waals surface area (Å²) in [6.45, 7) is 7.45. The molecule has 0 atom stereocenters. The Hall–Kier alpha value is -1.64. The summed E-state index contributed by atoms with van der Waals surface area (Å²) in [6.07, 6.45) is 3.67. The average molecular weight is 396 g/mol. The molecule has 0 unspecified atom stereocenters. The van der Waals surface area contributed by atoms with E-state index in [0.29, 0.717) is 19.0 Å². The van der Waals surface area contributed by atoms with Crippen LogP contribution in [0.2, 0.25) is 0 Å². The molecule has 2 rings (SSSR count). The van der Waals surface area contributed by atoms with Crippen molar-refractivity contribution < 1.29 is 8.42 Å². The van der Waals surface area contributed by atoms with Gasteiger partial charge in [0.1, 0.15) is 0 Å². The van der Waals surface area contributed by atoms with Crippen molar-refractivity contribution in [1.82, 2.24) is 20.3 Å². The van der Waals surface area contributed by atoms with Gasteiger partial charge in [0.15, 0.2) is 5.96 Å². The number of nitrogens with zero attached hydrogens (tertiary/aromatic N) is 2. The van der Waals surface area contributed by atoms with Crippen LogP contribution in [0.3, 0.4) is 0 Å². The molecule has 1 aromatic carbocycles. The summed E-state index contributed by atoms with van der Waals surface area (Å²) >= 11 is 0. The van der Waals surface area contributed by atoms with Gasteiger partial charge >= 0.3 is 0 Å². The summed E-state index contributed by atoms with van der Waals surface area (Å²) in [5, 5.41) is 6.42. The molecular formula is C19H33N5O2S. The first-order valence-electron chi connectivity index (χ1n) is 9.73. The Bertz CT molecular complexity index is 671. The topological polar surface area (TPSA) is 85.8 Å². The molecule has 0 aromatic heterocycles. The van der Waals surface area contributed by atoms with Crippen LogP contribution in [0.5, 0.6) is 0 Å². The van der Waals surface area contributed by atoms with E-state index in [1.165, 1.54) is 25.9 Å². The Morgan fingerprint density at radius 2 is 1.78 bits per heavy atom. The minimum atomic E-state index is -3.46. The quantitative estimate of drug-likeness (QED) is 0.333. The van der Waals surface area contributed by atoms with Gasteiger partial charge in [0.05, 0.1) is 4.90 Å². The number of sulfonamides is 1. The van der Waals surface area contributed by atoms with Gasteiger partial charge in [-0.15, -0.1) is 0 Å². The molecule has 0 aliphatic carbocycles. The largest absolute Gasteiger partial charge is 0.356 e. The van der Waals surface area contributed by atoms with E-state index in [2.05, 4.69) is 32.2 Å². The van der Waals surface area contributed by atoms with Crippen LogP contribution in [0, 0.1) is 5.92 Å². The van der Waals surface area contributed by atoms with Gasteiger partial charge in [-0.25, -0.2) is 13.1 Å². The molecule has 152 valence electrons. The molecule has 27 heavy (non-hydrogen) atoms. The average Bonchev–Trinajstić information content (AvgIpc) is 2.69. The van der Waals surface area contributed by atoms with Crippen molar-refractivity contribution in [3.8, 4) is 0 Å². The highest BCUT2D eigenvalue weighted by Crippen LogP contribution is 2.15. The van der Waals surface area contributed by atoms with Crippen LogP contribution in [0.1, 0.15) is 26.2 Å². The number of benzene rings is 1. The van der Waals surface area contributed by atoms with Gasteiger partial charge in [0.25, 0.3) is 0 Å². The molecule has 7 nitrogen and oxygen atoms in total. The molecule has 0 bridgehead atoms. The Kier molecular flexibility index (Phi) is 9.03. The van der Waals surface area contributed by atoms with Gasteiger partial charge in [0, 0.05) is 26.7 Å².